The molecule has 1 aromatic rings. The van der Waals surface area contributed by atoms with Crippen molar-refractivity contribution in [2.24, 2.45) is 5.84 Å². The average molecular weight is 235 g/mol. The van der Waals surface area contributed by atoms with Crippen molar-refractivity contribution in [1.29, 1.82) is 0 Å². The Morgan fingerprint density at radius 1 is 1.38 bits per heavy atom. The van der Waals surface area contributed by atoms with Crippen molar-refractivity contribution in [3.8, 4) is 0 Å². The van der Waals surface area contributed by atoms with Crippen molar-refractivity contribution in [1.82, 2.24) is 15.5 Å². The van der Waals surface area contributed by atoms with Crippen LogP contribution < -0.4 is 16.6 Å². The summed E-state index contributed by atoms with van der Waals surface area (Å²) in [6.07, 6.45) is -4.46. The fraction of sp³-hybridized carbons (Fsp3) is 0.286. The molecule has 0 aliphatic heterocycles. The SMILES string of the molecule is NNc1ccc(C(=O)NCC(F)(F)F)nn1. The summed E-state index contributed by atoms with van der Waals surface area (Å²) in [7, 11) is 0. The topological polar surface area (TPSA) is 92.9 Å². The van der Waals surface area contributed by atoms with Gasteiger partial charge in [-0.1, -0.05) is 0 Å². The number of halogens is 3. The van der Waals surface area contributed by atoms with Gasteiger partial charge in [-0.15, -0.1) is 10.2 Å². The van der Waals surface area contributed by atoms with E-state index in [9.17, 15) is 18.0 Å². The summed E-state index contributed by atoms with van der Waals surface area (Å²) in [5, 5.41) is 8.47. The number of carbonyl (C=O) groups is 1. The van der Waals surface area contributed by atoms with E-state index in [1.807, 2.05) is 0 Å². The maximum Gasteiger partial charge on any atom is 0.405 e. The van der Waals surface area contributed by atoms with Crippen LogP contribution in [0.1, 0.15) is 10.5 Å². The molecule has 0 saturated heterocycles. The Hall–Kier alpha value is -1.90. The third-order valence-electron chi connectivity index (χ3n) is 1.49. The highest BCUT2D eigenvalue weighted by Gasteiger charge is 2.28. The molecule has 0 spiro atoms. The predicted octanol–water partition coefficient (Wildman–Crippen LogP) is 0.0543. The number of hydrazine groups is 1. The summed E-state index contributed by atoms with van der Waals surface area (Å²) < 4.78 is 35.3. The minimum Gasteiger partial charge on any atom is -0.342 e. The molecule has 9 heteroatoms. The van der Waals surface area contributed by atoms with Crippen LogP contribution >= 0.6 is 0 Å². The molecule has 1 amide bonds. The van der Waals surface area contributed by atoms with Crippen LogP contribution in [0.3, 0.4) is 0 Å². The number of aromatic nitrogens is 2. The highest BCUT2D eigenvalue weighted by molar-refractivity contribution is 5.92. The molecule has 1 aromatic heterocycles. The number of hydrogen-bond donors (Lipinski definition) is 3. The van der Waals surface area contributed by atoms with Crippen molar-refractivity contribution >= 4 is 11.7 Å². The van der Waals surface area contributed by atoms with E-state index >= 15 is 0 Å². The van der Waals surface area contributed by atoms with E-state index in [4.69, 9.17) is 5.84 Å². The van der Waals surface area contributed by atoms with Crippen molar-refractivity contribution < 1.29 is 18.0 Å². The Bertz CT molecular complexity index is 363. The summed E-state index contributed by atoms with van der Waals surface area (Å²) in [4.78, 5) is 11.1. The number of rotatable bonds is 3. The van der Waals surface area contributed by atoms with Gasteiger partial charge >= 0.3 is 6.18 Å². The second kappa shape index (κ2) is 4.75. The normalized spacial score (nSPS) is 11.0. The minimum absolute atomic E-state index is 0.201. The number of nitrogens with zero attached hydrogens (tertiary/aromatic N) is 2. The number of carbonyl (C=O) groups excluding carboxylic acids is 1. The zero-order valence-electron chi connectivity index (χ0n) is 7.88. The summed E-state index contributed by atoms with van der Waals surface area (Å²) in [5.74, 6) is 4.24. The number of nitrogen functional groups attached to an aromatic ring is 1. The second-order valence-corrected chi connectivity index (χ2v) is 2.75. The molecule has 1 rings (SSSR count). The average Bonchev–Trinajstić information content (AvgIpc) is 2.25. The van der Waals surface area contributed by atoms with Gasteiger partial charge in [0.2, 0.25) is 0 Å². The van der Waals surface area contributed by atoms with E-state index in [0.29, 0.717) is 0 Å². The summed E-state index contributed by atoms with van der Waals surface area (Å²) in [6.45, 7) is -1.41. The third kappa shape index (κ3) is 3.69. The van der Waals surface area contributed by atoms with Gasteiger partial charge in [-0.3, -0.25) is 4.79 Å². The van der Waals surface area contributed by atoms with Gasteiger partial charge in [-0.25, -0.2) is 5.84 Å². The predicted molar refractivity (Wildman–Crippen MR) is 48.2 cm³/mol. The van der Waals surface area contributed by atoms with Crippen LogP contribution in [0.2, 0.25) is 0 Å². The van der Waals surface area contributed by atoms with E-state index in [2.05, 4.69) is 15.6 Å². The zero-order chi connectivity index (χ0) is 12.2. The minimum atomic E-state index is -4.46. The van der Waals surface area contributed by atoms with Crippen molar-refractivity contribution in [2.45, 2.75) is 6.18 Å². The van der Waals surface area contributed by atoms with Crippen LogP contribution in [0.25, 0.3) is 0 Å². The summed E-state index contributed by atoms with van der Waals surface area (Å²) in [6, 6.07) is 2.52. The molecule has 16 heavy (non-hydrogen) atoms. The van der Waals surface area contributed by atoms with Crippen LogP contribution in [0.5, 0.6) is 0 Å². The van der Waals surface area contributed by atoms with Crippen LogP contribution in [0.15, 0.2) is 12.1 Å². The molecule has 0 radical (unpaired) electrons. The molecule has 0 saturated carbocycles. The van der Waals surface area contributed by atoms with Gasteiger partial charge in [0, 0.05) is 0 Å². The smallest absolute Gasteiger partial charge is 0.342 e. The number of nitrogens with two attached hydrogens (primary N) is 1. The number of alkyl halides is 3. The highest BCUT2D eigenvalue weighted by atomic mass is 19.4. The fourth-order valence-corrected chi connectivity index (χ4v) is 0.801. The Morgan fingerprint density at radius 3 is 2.50 bits per heavy atom. The lowest BCUT2D eigenvalue weighted by Crippen LogP contribution is -2.34. The highest BCUT2D eigenvalue weighted by Crippen LogP contribution is 2.12. The molecule has 0 unspecified atom stereocenters. The Kier molecular flexibility index (Phi) is 3.61. The van der Waals surface area contributed by atoms with Crippen LogP contribution in [0.4, 0.5) is 19.0 Å². The lowest BCUT2D eigenvalue weighted by Gasteiger charge is -2.07. The van der Waals surface area contributed by atoms with Gasteiger partial charge in [0.1, 0.15) is 6.54 Å². The molecule has 6 nitrogen and oxygen atoms in total. The lowest BCUT2D eigenvalue weighted by atomic mass is 10.3. The first kappa shape index (κ1) is 12.2. The standard InChI is InChI=1S/C7H8F3N5O/c8-7(9,10)3-12-6(16)4-1-2-5(13-11)15-14-4/h1-2H,3,11H2,(H,12,16)(H,13,15). The van der Waals surface area contributed by atoms with Gasteiger partial charge in [-0.2, -0.15) is 13.2 Å². The number of amides is 1. The van der Waals surface area contributed by atoms with E-state index in [-0.39, 0.29) is 11.5 Å². The molecular formula is C7H8F3N5O. The second-order valence-electron chi connectivity index (χ2n) is 2.75. The Balaban J connectivity index is 2.59. The van der Waals surface area contributed by atoms with Crippen molar-refractivity contribution in [2.75, 3.05) is 12.0 Å². The Morgan fingerprint density at radius 2 is 2.06 bits per heavy atom. The molecule has 0 fully saturated rings. The third-order valence-corrected chi connectivity index (χ3v) is 1.49. The molecule has 0 bridgehead atoms. The largest absolute Gasteiger partial charge is 0.405 e. The van der Waals surface area contributed by atoms with Crippen molar-refractivity contribution in [3.63, 3.8) is 0 Å². The zero-order valence-corrected chi connectivity index (χ0v) is 7.88. The van der Waals surface area contributed by atoms with E-state index in [0.717, 1.165) is 0 Å². The number of hydrogen-bond acceptors (Lipinski definition) is 5. The molecule has 1 heterocycles. The maximum absolute atomic E-state index is 11.8. The maximum atomic E-state index is 11.8. The first-order chi connectivity index (χ1) is 7.42. The van der Waals surface area contributed by atoms with E-state index < -0.39 is 18.6 Å². The fourth-order valence-electron chi connectivity index (χ4n) is 0.801. The first-order valence-electron chi connectivity index (χ1n) is 4.07. The molecular weight excluding hydrogens is 227 g/mol. The van der Waals surface area contributed by atoms with E-state index in [1.54, 1.807) is 5.32 Å². The van der Waals surface area contributed by atoms with Gasteiger partial charge in [-0.05, 0) is 12.1 Å². The number of anilines is 1. The molecule has 88 valence electrons. The van der Waals surface area contributed by atoms with Gasteiger partial charge in [0.05, 0.1) is 0 Å². The molecule has 0 aliphatic carbocycles. The van der Waals surface area contributed by atoms with Gasteiger partial charge in [0.25, 0.3) is 5.91 Å². The Labute approximate surface area is 88.0 Å². The van der Waals surface area contributed by atoms with Crippen LogP contribution in [-0.2, 0) is 0 Å². The van der Waals surface area contributed by atoms with E-state index in [1.165, 1.54) is 12.1 Å². The first-order valence-corrected chi connectivity index (χ1v) is 4.07. The van der Waals surface area contributed by atoms with Crippen LogP contribution in [0, 0.1) is 0 Å². The van der Waals surface area contributed by atoms with Crippen LogP contribution in [-0.4, -0.2) is 28.8 Å². The quantitative estimate of drug-likeness (QED) is 0.508. The van der Waals surface area contributed by atoms with Crippen molar-refractivity contribution in [3.05, 3.63) is 17.8 Å². The molecule has 0 atom stereocenters. The van der Waals surface area contributed by atoms with Gasteiger partial charge < -0.3 is 10.7 Å². The molecule has 4 N–H and O–H groups in total. The number of nitrogens with one attached hydrogen (secondary N) is 2. The molecule has 0 aliphatic rings. The molecule has 0 aromatic carbocycles. The summed E-state index contributed by atoms with van der Waals surface area (Å²) in [5.41, 5.74) is 1.94. The lowest BCUT2D eigenvalue weighted by molar-refractivity contribution is -0.123. The summed E-state index contributed by atoms with van der Waals surface area (Å²) >= 11 is 0. The van der Waals surface area contributed by atoms with Gasteiger partial charge in [0.15, 0.2) is 11.5 Å². The monoisotopic (exact) mass is 235 g/mol.